The van der Waals surface area contributed by atoms with E-state index in [1.54, 1.807) is 11.8 Å². The van der Waals surface area contributed by atoms with Crippen molar-refractivity contribution >= 4 is 34.4 Å². The lowest BCUT2D eigenvalue weighted by Crippen LogP contribution is -2.37. The van der Waals surface area contributed by atoms with Crippen LogP contribution in [0, 0.1) is 0 Å². The van der Waals surface area contributed by atoms with Crippen LogP contribution in [-0.2, 0) is 11.3 Å². The van der Waals surface area contributed by atoms with E-state index in [-0.39, 0.29) is 18.0 Å². The second kappa shape index (κ2) is 6.96. The highest BCUT2D eigenvalue weighted by Crippen LogP contribution is 2.37. The minimum atomic E-state index is -0.261. The second-order valence-electron chi connectivity index (χ2n) is 6.40. The Hall–Kier alpha value is -2.60. The summed E-state index contributed by atoms with van der Waals surface area (Å²) in [7, 11) is 0. The summed E-state index contributed by atoms with van der Waals surface area (Å²) in [6, 6.07) is 15.4. The fourth-order valence-electron chi connectivity index (χ4n) is 3.24. The van der Waals surface area contributed by atoms with Crippen molar-refractivity contribution in [2.45, 2.75) is 30.0 Å². The maximum atomic E-state index is 13.1. The van der Waals surface area contributed by atoms with E-state index in [0.717, 1.165) is 17.0 Å². The molecule has 132 valence electrons. The molecule has 26 heavy (non-hydrogen) atoms. The minimum absolute atomic E-state index is 0.00918. The summed E-state index contributed by atoms with van der Waals surface area (Å²) in [6.45, 7) is 2.84. The van der Waals surface area contributed by atoms with Crippen molar-refractivity contribution in [2.24, 2.45) is 0 Å². The van der Waals surface area contributed by atoms with Crippen LogP contribution in [0.4, 0.5) is 5.69 Å². The molecule has 4 rings (SSSR count). The van der Waals surface area contributed by atoms with Gasteiger partial charge in [-0.1, -0.05) is 31.2 Å². The van der Waals surface area contributed by atoms with Crippen LogP contribution in [0.2, 0.25) is 0 Å². The van der Waals surface area contributed by atoms with E-state index >= 15 is 0 Å². The molecule has 0 spiro atoms. The fourth-order valence-corrected chi connectivity index (χ4v) is 4.36. The Morgan fingerprint density at radius 2 is 1.96 bits per heavy atom. The summed E-state index contributed by atoms with van der Waals surface area (Å²) in [5, 5.41) is 0.443. The molecular formula is C20H19N3O2S. The maximum Gasteiger partial charge on any atom is 0.269 e. The molecule has 0 fully saturated rings. The molecule has 1 aliphatic heterocycles. The number of carbonyl (C=O) groups is 1. The van der Waals surface area contributed by atoms with Crippen molar-refractivity contribution in [2.75, 3.05) is 11.4 Å². The van der Waals surface area contributed by atoms with Gasteiger partial charge in [-0.2, -0.15) is 0 Å². The predicted molar refractivity (Wildman–Crippen MR) is 105 cm³/mol. The number of nitrogens with zero attached hydrogens (tertiary/aromatic N) is 3. The average Bonchev–Trinajstić information content (AvgIpc) is 2.82. The Labute approximate surface area is 155 Å². The molecule has 0 radical (unpaired) electrons. The zero-order valence-corrected chi connectivity index (χ0v) is 15.3. The van der Waals surface area contributed by atoms with Gasteiger partial charge in [0.25, 0.3) is 5.56 Å². The molecule has 0 saturated carbocycles. The van der Waals surface area contributed by atoms with Crippen LogP contribution in [0.3, 0.4) is 0 Å². The molecule has 0 N–H and O–H groups in total. The molecule has 0 unspecified atom stereocenters. The molecule has 2 heterocycles. The number of fused-ring (bicyclic) bond motifs is 2. The third-order valence-corrected chi connectivity index (χ3v) is 5.83. The Balaban J connectivity index is 1.72. The monoisotopic (exact) mass is 365 g/mol. The van der Waals surface area contributed by atoms with Crippen LogP contribution in [-0.4, -0.2) is 27.3 Å². The lowest BCUT2D eigenvalue weighted by atomic mass is 10.2. The molecule has 0 saturated heterocycles. The van der Waals surface area contributed by atoms with Gasteiger partial charge in [0.15, 0.2) is 0 Å². The number of rotatable bonds is 2. The molecule has 5 nitrogen and oxygen atoms in total. The third kappa shape index (κ3) is 3.12. The van der Waals surface area contributed by atoms with Crippen LogP contribution in [0.15, 0.2) is 64.4 Å². The zero-order valence-electron chi connectivity index (χ0n) is 14.5. The van der Waals surface area contributed by atoms with Crippen LogP contribution in [0.25, 0.3) is 11.0 Å². The van der Waals surface area contributed by atoms with Crippen LogP contribution in [0.5, 0.6) is 0 Å². The van der Waals surface area contributed by atoms with E-state index < -0.39 is 0 Å². The highest BCUT2D eigenvalue weighted by molar-refractivity contribution is 8.00. The van der Waals surface area contributed by atoms with Gasteiger partial charge in [-0.05, 0) is 30.7 Å². The molecule has 2 aromatic carbocycles. The third-order valence-electron chi connectivity index (χ3n) is 4.59. The first kappa shape index (κ1) is 16.8. The molecule has 0 bridgehead atoms. The highest BCUT2D eigenvalue weighted by Gasteiger charge is 2.24. The van der Waals surface area contributed by atoms with E-state index in [1.807, 2.05) is 47.4 Å². The SMILES string of the molecule is C[C@@H]1CCN(C(=O)Cn2c(=O)cnc3ccccc32)c2ccccc2S1. The lowest BCUT2D eigenvalue weighted by Gasteiger charge is -2.23. The van der Waals surface area contributed by atoms with E-state index in [1.165, 1.54) is 10.8 Å². The topological polar surface area (TPSA) is 55.2 Å². The lowest BCUT2D eigenvalue weighted by molar-refractivity contribution is -0.119. The van der Waals surface area contributed by atoms with E-state index in [2.05, 4.69) is 18.0 Å². The van der Waals surface area contributed by atoms with E-state index in [4.69, 9.17) is 0 Å². The largest absolute Gasteiger partial charge is 0.310 e. The number of para-hydroxylation sites is 3. The van der Waals surface area contributed by atoms with Gasteiger partial charge in [0.1, 0.15) is 6.54 Å². The Bertz CT molecular complexity index is 1030. The molecule has 1 amide bonds. The van der Waals surface area contributed by atoms with Gasteiger partial charge in [-0.15, -0.1) is 11.8 Å². The fraction of sp³-hybridized carbons (Fsp3) is 0.250. The normalized spacial score (nSPS) is 17.0. The predicted octanol–water partition coefficient (Wildman–Crippen LogP) is 3.31. The van der Waals surface area contributed by atoms with Gasteiger partial charge in [0.2, 0.25) is 5.91 Å². The first-order chi connectivity index (χ1) is 12.6. The number of anilines is 1. The Morgan fingerprint density at radius 3 is 2.85 bits per heavy atom. The molecule has 1 aromatic heterocycles. The minimum Gasteiger partial charge on any atom is -0.310 e. The quantitative estimate of drug-likeness (QED) is 0.699. The Kier molecular flexibility index (Phi) is 4.51. The number of carbonyl (C=O) groups excluding carboxylic acids is 1. The number of amides is 1. The van der Waals surface area contributed by atoms with Crippen LogP contribution >= 0.6 is 11.8 Å². The first-order valence-corrected chi connectivity index (χ1v) is 9.52. The van der Waals surface area contributed by atoms with Gasteiger partial charge in [-0.25, -0.2) is 4.98 Å². The van der Waals surface area contributed by atoms with Crippen molar-refractivity contribution in [1.29, 1.82) is 0 Å². The molecule has 3 aromatic rings. The standard InChI is InChI=1S/C20H19N3O2S/c1-14-10-11-22(17-8-4-5-9-18(17)26-14)20(25)13-23-16-7-3-2-6-15(16)21-12-19(23)24/h2-9,12,14H,10-11,13H2,1H3/t14-/m1/s1. The van der Waals surface area contributed by atoms with Crippen molar-refractivity contribution in [3.05, 3.63) is 65.1 Å². The molecule has 0 aliphatic carbocycles. The maximum absolute atomic E-state index is 13.1. The number of hydrogen-bond acceptors (Lipinski definition) is 4. The smallest absolute Gasteiger partial charge is 0.269 e. The van der Waals surface area contributed by atoms with Gasteiger partial charge in [0, 0.05) is 16.7 Å². The number of thioether (sulfide) groups is 1. The molecule has 6 heteroatoms. The summed E-state index contributed by atoms with van der Waals surface area (Å²) >= 11 is 1.79. The average molecular weight is 365 g/mol. The first-order valence-electron chi connectivity index (χ1n) is 8.64. The zero-order chi connectivity index (χ0) is 18.1. The summed E-state index contributed by atoms with van der Waals surface area (Å²) in [5.74, 6) is -0.0781. The summed E-state index contributed by atoms with van der Waals surface area (Å²) in [5.41, 5.74) is 2.06. The molecule has 1 aliphatic rings. The van der Waals surface area contributed by atoms with Gasteiger partial charge in [-0.3, -0.25) is 14.2 Å². The molecular weight excluding hydrogens is 346 g/mol. The van der Waals surface area contributed by atoms with E-state index in [9.17, 15) is 9.59 Å². The highest BCUT2D eigenvalue weighted by atomic mass is 32.2. The van der Waals surface area contributed by atoms with Gasteiger partial charge >= 0.3 is 0 Å². The number of aromatic nitrogens is 2. The number of hydrogen-bond donors (Lipinski definition) is 0. The van der Waals surface area contributed by atoms with E-state index in [0.29, 0.717) is 22.8 Å². The van der Waals surface area contributed by atoms with Crippen LogP contribution in [0.1, 0.15) is 13.3 Å². The van der Waals surface area contributed by atoms with Gasteiger partial charge < -0.3 is 4.90 Å². The second-order valence-corrected chi connectivity index (χ2v) is 7.88. The summed E-state index contributed by atoms with van der Waals surface area (Å²) in [6.07, 6.45) is 2.20. The number of benzene rings is 2. The Morgan fingerprint density at radius 1 is 1.19 bits per heavy atom. The summed E-state index contributed by atoms with van der Waals surface area (Å²) < 4.78 is 1.51. The van der Waals surface area contributed by atoms with Crippen molar-refractivity contribution in [3.63, 3.8) is 0 Å². The van der Waals surface area contributed by atoms with Gasteiger partial charge in [0.05, 0.1) is 22.9 Å². The molecule has 1 atom stereocenters. The van der Waals surface area contributed by atoms with Crippen molar-refractivity contribution in [1.82, 2.24) is 9.55 Å². The van der Waals surface area contributed by atoms with Crippen LogP contribution < -0.4 is 10.5 Å². The van der Waals surface area contributed by atoms with Crippen molar-refractivity contribution < 1.29 is 4.79 Å². The van der Waals surface area contributed by atoms with Crippen molar-refractivity contribution in [3.8, 4) is 0 Å². The summed E-state index contributed by atoms with van der Waals surface area (Å²) in [4.78, 5) is 32.5.